The van der Waals surface area contributed by atoms with Gasteiger partial charge in [-0.2, -0.15) is 0 Å². The number of benzene rings is 2. The molecule has 0 spiro atoms. The van der Waals surface area contributed by atoms with E-state index in [1.54, 1.807) is 0 Å². The summed E-state index contributed by atoms with van der Waals surface area (Å²) < 4.78 is 1.95. The van der Waals surface area contributed by atoms with E-state index >= 15 is 0 Å². The summed E-state index contributed by atoms with van der Waals surface area (Å²) in [5.74, 6) is 0. The Morgan fingerprint density at radius 3 is 1.90 bits per heavy atom. The highest BCUT2D eigenvalue weighted by Crippen LogP contribution is 2.25. The molecule has 0 saturated carbocycles. The van der Waals surface area contributed by atoms with Crippen molar-refractivity contribution in [2.45, 2.75) is 0 Å². The minimum absolute atomic E-state index is 0.723. The van der Waals surface area contributed by atoms with E-state index in [0.29, 0.717) is 0 Å². The Kier molecular flexibility index (Phi) is 4.99. The van der Waals surface area contributed by atoms with Crippen molar-refractivity contribution in [2.75, 3.05) is 14.1 Å². The van der Waals surface area contributed by atoms with Gasteiger partial charge in [-0.1, -0.05) is 59.6 Å². The second kappa shape index (κ2) is 6.74. The summed E-state index contributed by atoms with van der Waals surface area (Å²) in [6.07, 6.45) is 3.81. The Balaban J connectivity index is 2.24. The Labute approximate surface area is 129 Å². The topological polar surface area (TPSA) is 3.01 Å². The zero-order valence-electron chi connectivity index (χ0n) is 11.5. The molecular weight excluding hydrogens is 289 g/mol. The lowest BCUT2D eigenvalue weighted by molar-refractivity contribution is -0.458. The summed E-state index contributed by atoms with van der Waals surface area (Å²) in [5, 5.41) is 1.47. The zero-order valence-corrected chi connectivity index (χ0v) is 13.0. The van der Waals surface area contributed by atoms with Gasteiger partial charge in [-0.3, -0.25) is 0 Å². The van der Waals surface area contributed by atoms with Crippen molar-refractivity contribution in [1.29, 1.82) is 0 Å². The lowest BCUT2D eigenvalue weighted by Crippen LogP contribution is -1.95. The molecule has 20 heavy (non-hydrogen) atoms. The maximum atomic E-state index is 6.26. The monoisotopic (exact) mass is 304 g/mol. The first-order valence-corrected chi connectivity index (χ1v) is 7.05. The third-order valence-electron chi connectivity index (χ3n) is 2.86. The third-order valence-corrected chi connectivity index (χ3v) is 3.45. The summed E-state index contributed by atoms with van der Waals surface area (Å²) in [6.45, 7) is 0. The highest BCUT2D eigenvalue weighted by molar-refractivity contribution is 6.49. The number of allylic oxidation sites excluding steroid dienone is 1. The molecule has 2 aromatic rings. The van der Waals surface area contributed by atoms with E-state index in [9.17, 15) is 0 Å². The SMILES string of the molecule is C[N+](C)=C/C=C(\Cl)c1ccc(-c2ccc(Cl)cc2)cc1. The second-order valence-corrected chi connectivity index (χ2v) is 5.56. The summed E-state index contributed by atoms with van der Waals surface area (Å²) in [6, 6.07) is 16.0. The molecule has 3 heteroatoms. The molecule has 0 amide bonds. The van der Waals surface area contributed by atoms with Crippen LogP contribution in [0.15, 0.2) is 54.6 Å². The fraction of sp³-hybridized carbons (Fsp3) is 0.118. The van der Waals surface area contributed by atoms with Crippen LogP contribution in [0.5, 0.6) is 0 Å². The standard InChI is InChI=1S/C17H16Cl2N/c1-20(2)12-11-17(19)15-5-3-13(4-6-15)14-7-9-16(18)10-8-14/h3-12H,1-2H3/q+1/b17-11-. The highest BCUT2D eigenvalue weighted by atomic mass is 35.5. The Hall–Kier alpha value is -1.57. The normalized spacial score (nSPS) is 11.3. The summed E-state index contributed by atoms with van der Waals surface area (Å²) in [7, 11) is 3.93. The third kappa shape index (κ3) is 3.96. The van der Waals surface area contributed by atoms with Crippen LogP contribution in [0.25, 0.3) is 16.2 Å². The smallest absolute Gasteiger partial charge is 0.164 e. The van der Waals surface area contributed by atoms with Crippen LogP contribution in [0.4, 0.5) is 0 Å². The molecule has 1 nitrogen and oxygen atoms in total. The minimum atomic E-state index is 0.723. The van der Waals surface area contributed by atoms with E-state index in [1.807, 2.05) is 67.4 Å². The maximum absolute atomic E-state index is 6.26. The van der Waals surface area contributed by atoms with E-state index in [0.717, 1.165) is 26.7 Å². The molecule has 0 bridgehead atoms. The summed E-state index contributed by atoms with van der Waals surface area (Å²) in [5.41, 5.74) is 3.29. The Morgan fingerprint density at radius 1 is 0.900 bits per heavy atom. The summed E-state index contributed by atoms with van der Waals surface area (Å²) >= 11 is 12.1. The van der Waals surface area contributed by atoms with Crippen molar-refractivity contribution in [3.8, 4) is 11.1 Å². The largest absolute Gasteiger partial charge is 0.241 e. The van der Waals surface area contributed by atoms with Gasteiger partial charge in [-0.25, -0.2) is 4.58 Å². The van der Waals surface area contributed by atoms with Crippen LogP contribution in [0.1, 0.15) is 5.56 Å². The average Bonchev–Trinajstić information content (AvgIpc) is 2.46. The number of halogens is 2. The number of nitrogens with zero attached hydrogens (tertiary/aromatic N) is 1. The molecule has 0 unspecified atom stereocenters. The first-order chi connectivity index (χ1) is 9.56. The van der Waals surface area contributed by atoms with Crippen molar-refractivity contribution in [2.24, 2.45) is 0 Å². The van der Waals surface area contributed by atoms with Gasteiger partial charge in [0.2, 0.25) is 0 Å². The average molecular weight is 305 g/mol. The predicted octanol–water partition coefficient (Wildman–Crippen LogP) is 4.93. The van der Waals surface area contributed by atoms with E-state index in [2.05, 4.69) is 12.1 Å². The molecule has 0 atom stereocenters. The van der Waals surface area contributed by atoms with Crippen LogP contribution in [-0.4, -0.2) is 24.9 Å². The van der Waals surface area contributed by atoms with Gasteiger partial charge in [0.1, 0.15) is 14.1 Å². The van der Waals surface area contributed by atoms with Crippen LogP contribution >= 0.6 is 23.2 Å². The fourth-order valence-corrected chi connectivity index (χ4v) is 2.08. The molecule has 0 heterocycles. The predicted molar refractivity (Wildman–Crippen MR) is 88.9 cm³/mol. The van der Waals surface area contributed by atoms with Crippen molar-refractivity contribution >= 4 is 34.4 Å². The quantitative estimate of drug-likeness (QED) is 0.559. The van der Waals surface area contributed by atoms with Gasteiger partial charge in [0.15, 0.2) is 6.21 Å². The molecule has 2 aromatic carbocycles. The van der Waals surface area contributed by atoms with Gasteiger partial charge in [0, 0.05) is 11.1 Å². The van der Waals surface area contributed by atoms with E-state index in [1.165, 1.54) is 0 Å². The Bertz CT molecular complexity index is 634. The van der Waals surface area contributed by atoms with Gasteiger partial charge in [0.05, 0.1) is 5.03 Å². The molecule has 0 fully saturated rings. The van der Waals surface area contributed by atoms with Crippen LogP contribution in [0.2, 0.25) is 5.02 Å². The van der Waals surface area contributed by atoms with E-state index in [-0.39, 0.29) is 0 Å². The lowest BCUT2D eigenvalue weighted by Gasteiger charge is -2.04. The van der Waals surface area contributed by atoms with Gasteiger partial charge in [0.25, 0.3) is 0 Å². The molecule has 0 saturated heterocycles. The molecule has 102 valence electrons. The van der Waals surface area contributed by atoms with Gasteiger partial charge in [-0.05, 0) is 28.8 Å². The molecule has 2 rings (SSSR count). The fourth-order valence-electron chi connectivity index (χ4n) is 1.77. The van der Waals surface area contributed by atoms with Crippen LogP contribution in [-0.2, 0) is 0 Å². The molecule has 0 radical (unpaired) electrons. The van der Waals surface area contributed by atoms with Crippen molar-refractivity contribution in [3.05, 3.63) is 65.2 Å². The first-order valence-electron chi connectivity index (χ1n) is 6.30. The second-order valence-electron chi connectivity index (χ2n) is 4.71. The number of hydrogen-bond acceptors (Lipinski definition) is 0. The zero-order chi connectivity index (χ0) is 14.5. The highest BCUT2D eigenvalue weighted by Gasteiger charge is 2.01. The van der Waals surface area contributed by atoms with Crippen LogP contribution in [0.3, 0.4) is 0 Å². The van der Waals surface area contributed by atoms with E-state index < -0.39 is 0 Å². The molecular formula is C17H16Cl2N+. The number of hydrogen-bond donors (Lipinski definition) is 0. The molecule has 0 aromatic heterocycles. The van der Waals surface area contributed by atoms with E-state index in [4.69, 9.17) is 23.2 Å². The summed E-state index contributed by atoms with van der Waals surface area (Å²) in [4.78, 5) is 0. The first kappa shape index (κ1) is 14.8. The van der Waals surface area contributed by atoms with Gasteiger partial charge in [-0.15, -0.1) is 0 Å². The van der Waals surface area contributed by atoms with Gasteiger partial charge >= 0.3 is 0 Å². The lowest BCUT2D eigenvalue weighted by atomic mass is 10.0. The van der Waals surface area contributed by atoms with Crippen LogP contribution < -0.4 is 0 Å². The van der Waals surface area contributed by atoms with Crippen molar-refractivity contribution in [1.82, 2.24) is 0 Å². The maximum Gasteiger partial charge on any atom is 0.164 e. The van der Waals surface area contributed by atoms with Crippen molar-refractivity contribution < 1.29 is 4.58 Å². The molecule has 0 aliphatic heterocycles. The molecule has 0 aliphatic rings. The Morgan fingerprint density at radius 2 is 1.40 bits per heavy atom. The van der Waals surface area contributed by atoms with Gasteiger partial charge < -0.3 is 0 Å². The number of rotatable bonds is 3. The minimum Gasteiger partial charge on any atom is -0.241 e. The van der Waals surface area contributed by atoms with Crippen LogP contribution in [0, 0.1) is 0 Å². The molecule has 0 N–H and O–H groups in total. The van der Waals surface area contributed by atoms with Crippen molar-refractivity contribution in [3.63, 3.8) is 0 Å². The molecule has 0 aliphatic carbocycles.